The molecule has 0 bridgehead atoms. The lowest BCUT2D eigenvalue weighted by molar-refractivity contribution is 0.0948. The van der Waals surface area contributed by atoms with Gasteiger partial charge in [0.25, 0.3) is 0 Å². The van der Waals surface area contributed by atoms with Crippen molar-refractivity contribution in [2.75, 3.05) is 7.05 Å². The normalized spacial score (nSPS) is 33.0. The monoisotopic (exact) mass is 165 g/mol. The number of aliphatic hydroxyl groups is 1. The van der Waals surface area contributed by atoms with Crippen LogP contribution in [0, 0.1) is 0 Å². The fraction of sp³-hybridized carbons (Fsp3) is 1.00. The van der Waals surface area contributed by atoms with E-state index in [9.17, 15) is 5.11 Å². The molecule has 2 N–H and O–H groups in total. The second-order valence-electron chi connectivity index (χ2n) is 2.75. The first-order valence-electron chi connectivity index (χ1n) is 3.70. The molecule has 0 saturated heterocycles. The molecule has 1 aliphatic carbocycles. The third kappa shape index (κ3) is 2.45. The van der Waals surface area contributed by atoms with E-state index in [2.05, 4.69) is 5.32 Å². The Morgan fingerprint density at radius 2 is 1.90 bits per heavy atom. The summed E-state index contributed by atoms with van der Waals surface area (Å²) in [4.78, 5) is 0. The van der Waals surface area contributed by atoms with Gasteiger partial charge in [0.05, 0.1) is 6.10 Å². The molecule has 0 amide bonds. The third-order valence-corrected chi connectivity index (χ3v) is 2.10. The predicted molar refractivity (Wildman–Crippen MR) is 44.6 cm³/mol. The Bertz CT molecular complexity index is 89.7. The molecule has 0 aromatic rings. The van der Waals surface area contributed by atoms with Crippen LogP contribution in [0.25, 0.3) is 0 Å². The summed E-state index contributed by atoms with van der Waals surface area (Å²) in [6, 6.07) is 0.360. The van der Waals surface area contributed by atoms with Crippen LogP contribution < -0.4 is 5.32 Å². The fourth-order valence-electron chi connectivity index (χ4n) is 1.45. The first kappa shape index (κ1) is 10.2. The van der Waals surface area contributed by atoms with Crippen LogP contribution in [-0.2, 0) is 0 Å². The SMILES string of the molecule is CN[C@H]1CCCC[C@@H]1O.Cl. The van der Waals surface area contributed by atoms with Gasteiger partial charge in [-0.2, -0.15) is 0 Å². The third-order valence-electron chi connectivity index (χ3n) is 2.10. The minimum atomic E-state index is -0.0938. The lowest BCUT2D eigenvalue weighted by Gasteiger charge is -2.26. The highest BCUT2D eigenvalue weighted by Gasteiger charge is 2.20. The highest BCUT2D eigenvalue weighted by molar-refractivity contribution is 5.85. The Hall–Kier alpha value is 0.210. The van der Waals surface area contributed by atoms with E-state index in [1.807, 2.05) is 7.05 Å². The topological polar surface area (TPSA) is 32.3 Å². The van der Waals surface area contributed by atoms with Crippen LogP contribution in [0.2, 0.25) is 0 Å². The molecule has 0 spiro atoms. The zero-order valence-electron chi connectivity index (χ0n) is 6.34. The van der Waals surface area contributed by atoms with Gasteiger partial charge < -0.3 is 10.4 Å². The van der Waals surface area contributed by atoms with E-state index in [0.29, 0.717) is 6.04 Å². The van der Waals surface area contributed by atoms with Gasteiger partial charge in [-0.05, 0) is 19.9 Å². The number of likely N-dealkylation sites (N-methyl/N-ethyl adjacent to an activating group) is 1. The van der Waals surface area contributed by atoms with Gasteiger partial charge in [0.15, 0.2) is 0 Å². The number of hydrogen-bond donors (Lipinski definition) is 2. The molecule has 1 rings (SSSR count). The second kappa shape index (κ2) is 4.94. The average molecular weight is 166 g/mol. The van der Waals surface area contributed by atoms with Crippen molar-refractivity contribution in [1.29, 1.82) is 0 Å². The van der Waals surface area contributed by atoms with Crippen LogP contribution in [-0.4, -0.2) is 24.3 Å². The average Bonchev–Trinajstić information content (AvgIpc) is 1.89. The summed E-state index contributed by atoms with van der Waals surface area (Å²) >= 11 is 0. The lowest BCUT2D eigenvalue weighted by Crippen LogP contribution is -2.39. The van der Waals surface area contributed by atoms with E-state index in [-0.39, 0.29) is 18.5 Å². The molecule has 62 valence electrons. The molecule has 3 heteroatoms. The van der Waals surface area contributed by atoms with Crippen LogP contribution in [0.5, 0.6) is 0 Å². The zero-order valence-corrected chi connectivity index (χ0v) is 7.16. The van der Waals surface area contributed by atoms with Gasteiger partial charge in [0.2, 0.25) is 0 Å². The highest BCUT2D eigenvalue weighted by Crippen LogP contribution is 2.17. The van der Waals surface area contributed by atoms with Gasteiger partial charge in [-0.15, -0.1) is 12.4 Å². The quantitative estimate of drug-likeness (QED) is 0.606. The van der Waals surface area contributed by atoms with Crippen molar-refractivity contribution in [2.24, 2.45) is 0 Å². The maximum Gasteiger partial charge on any atom is 0.0693 e. The maximum absolute atomic E-state index is 9.31. The van der Waals surface area contributed by atoms with Gasteiger partial charge in [0.1, 0.15) is 0 Å². The summed E-state index contributed by atoms with van der Waals surface area (Å²) in [6.45, 7) is 0. The molecule has 10 heavy (non-hydrogen) atoms. The first-order valence-corrected chi connectivity index (χ1v) is 3.70. The van der Waals surface area contributed by atoms with Crippen molar-refractivity contribution in [3.8, 4) is 0 Å². The molecule has 1 fully saturated rings. The van der Waals surface area contributed by atoms with Crippen LogP contribution in [0.3, 0.4) is 0 Å². The predicted octanol–water partition coefficient (Wildman–Crippen LogP) is 0.931. The molecular formula is C7H16ClNO. The number of hydrogen-bond acceptors (Lipinski definition) is 2. The summed E-state index contributed by atoms with van der Waals surface area (Å²) in [5.74, 6) is 0. The van der Waals surface area contributed by atoms with E-state index in [0.717, 1.165) is 12.8 Å². The first-order chi connectivity index (χ1) is 4.34. The molecule has 0 unspecified atom stereocenters. The van der Waals surface area contributed by atoms with Crippen molar-refractivity contribution < 1.29 is 5.11 Å². The fourth-order valence-corrected chi connectivity index (χ4v) is 1.45. The minimum Gasteiger partial charge on any atom is -0.392 e. The Kier molecular flexibility index (Phi) is 5.04. The van der Waals surface area contributed by atoms with E-state index in [1.54, 1.807) is 0 Å². The van der Waals surface area contributed by atoms with Gasteiger partial charge in [-0.1, -0.05) is 12.8 Å². The summed E-state index contributed by atoms with van der Waals surface area (Å²) in [7, 11) is 1.92. The number of nitrogens with one attached hydrogen (secondary N) is 1. The molecule has 0 aromatic carbocycles. The maximum atomic E-state index is 9.31. The van der Waals surface area contributed by atoms with Crippen molar-refractivity contribution in [3.05, 3.63) is 0 Å². The van der Waals surface area contributed by atoms with Crippen molar-refractivity contribution in [2.45, 2.75) is 37.8 Å². The van der Waals surface area contributed by atoms with E-state index < -0.39 is 0 Å². The number of rotatable bonds is 1. The minimum absolute atomic E-state index is 0. The van der Waals surface area contributed by atoms with Gasteiger partial charge in [-0.3, -0.25) is 0 Å². The van der Waals surface area contributed by atoms with Crippen LogP contribution in [0.1, 0.15) is 25.7 Å². The van der Waals surface area contributed by atoms with E-state index in [1.165, 1.54) is 12.8 Å². The van der Waals surface area contributed by atoms with Gasteiger partial charge in [0, 0.05) is 6.04 Å². The smallest absolute Gasteiger partial charge is 0.0693 e. The van der Waals surface area contributed by atoms with E-state index in [4.69, 9.17) is 0 Å². The zero-order chi connectivity index (χ0) is 6.69. The van der Waals surface area contributed by atoms with E-state index >= 15 is 0 Å². The Morgan fingerprint density at radius 1 is 1.30 bits per heavy atom. The molecule has 1 saturated carbocycles. The van der Waals surface area contributed by atoms with Gasteiger partial charge >= 0.3 is 0 Å². The molecule has 2 nitrogen and oxygen atoms in total. The molecular weight excluding hydrogens is 150 g/mol. The highest BCUT2D eigenvalue weighted by atomic mass is 35.5. The van der Waals surface area contributed by atoms with Gasteiger partial charge in [-0.25, -0.2) is 0 Å². The van der Waals surface area contributed by atoms with Crippen molar-refractivity contribution >= 4 is 12.4 Å². The molecule has 1 aliphatic rings. The second-order valence-corrected chi connectivity index (χ2v) is 2.75. The number of halogens is 1. The summed E-state index contributed by atoms with van der Waals surface area (Å²) < 4.78 is 0. The molecule has 2 atom stereocenters. The Morgan fingerprint density at radius 3 is 2.30 bits per heavy atom. The standard InChI is InChI=1S/C7H15NO.ClH/c1-8-6-4-2-3-5-7(6)9;/h6-9H,2-5H2,1H3;1H/t6-,7-;/m0./s1. The molecule has 0 aromatic heterocycles. The molecule has 0 radical (unpaired) electrons. The van der Waals surface area contributed by atoms with Crippen LogP contribution in [0.4, 0.5) is 0 Å². The van der Waals surface area contributed by atoms with Crippen molar-refractivity contribution in [3.63, 3.8) is 0 Å². The molecule has 0 heterocycles. The summed E-state index contributed by atoms with van der Waals surface area (Å²) in [5.41, 5.74) is 0. The van der Waals surface area contributed by atoms with Crippen molar-refractivity contribution in [1.82, 2.24) is 5.32 Å². The Labute approximate surface area is 68.4 Å². The van der Waals surface area contributed by atoms with Crippen LogP contribution >= 0.6 is 12.4 Å². The Balaban J connectivity index is 0.000000810. The summed E-state index contributed by atoms with van der Waals surface area (Å²) in [6.07, 6.45) is 4.48. The largest absolute Gasteiger partial charge is 0.392 e. The number of aliphatic hydroxyl groups excluding tert-OH is 1. The summed E-state index contributed by atoms with van der Waals surface area (Å²) in [5, 5.41) is 12.4. The lowest BCUT2D eigenvalue weighted by atomic mass is 9.93. The van der Waals surface area contributed by atoms with Crippen LogP contribution in [0.15, 0.2) is 0 Å². The molecule has 0 aliphatic heterocycles.